The first kappa shape index (κ1) is 10.5. The summed E-state index contributed by atoms with van der Waals surface area (Å²) in [7, 11) is 0. The van der Waals surface area contributed by atoms with Gasteiger partial charge in [-0.25, -0.2) is 0 Å². The maximum atomic E-state index is 5.83. The quantitative estimate of drug-likeness (QED) is 0.724. The molecule has 1 nitrogen and oxygen atoms in total. The molecule has 0 bridgehead atoms. The standard InChI is InChI=1S/C14H20O/c1-12-6-5-9-14(10-12)15-11-13-7-3-2-4-8-13/h5-6,9-10,13H,2-4,7-8,11H2,1H3. The number of hydrogen-bond acceptors (Lipinski definition) is 1. The summed E-state index contributed by atoms with van der Waals surface area (Å²) in [6.45, 7) is 3.01. The predicted octanol–water partition coefficient (Wildman–Crippen LogP) is 3.95. The summed E-state index contributed by atoms with van der Waals surface area (Å²) in [6, 6.07) is 8.33. The molecule has 1 aliphatic rings. The Bertz CT molecular complexity index is 300. The molecular weight excluding hydrogens is 184 g/mol. The van der Waals surface area contributed by atoms with Crippen LogP contribution in [0.25, 0.3) is 0 Å². The van der Waals surface area contributed by atoms with Gasteiger partial charge in [0.05, 0.1) is 6.61 Å². The van der Waals surface area contributed by atoms with Crippen molar-refractivity contribution in [2.45, 2.75) is 39.0 Å². The fraction of sp³-hybridized carbons (Fsp3) is 0.571. The van der Waals surface area contributed by atoms with Crippen LogP contribution in [-0.2, 0) is 0 Å². The summed E-state index contributed by atoms with van der Waals surface area (Å²) in [5.74, 6) is 1.82. The molecule has 1 saturated carbocycles. The zero-order chi connectivity index (χ0) is 10.5. The molecule has 0 aliphatic heterocycles. The van der Waals surface area contributed by atoms with E-state index in [1.807, 2.05) is 0 Å². The van der Waals surface area contributed by atoms with Gasteiger partial charge in [0, 0.05) is 0 Å². The summed E-state index contributed by atoms with van der Waals surface area (Å²) in [4.78, 5) is 0. The first-order chi connectivity index (χ1) is 7.34. The monoisotopic (exact) mass is 204 g/mol. The van der Waals surface area contributed by atoms with Gasteiger partial charge in [0.2, 0.25) is 0 Å². The van der Waals surface area contributed by atoms with Crippen LogP contribution < -0.4 is 4.74 Å². The molecule has 0 saturated heterocycles. The Balaban J connectivity index is 1.81. The second kappa shape index (κ2) is 5.20. The minimum Gasteiger partial charge on any atom is -0.493 e. The fourth-order valence-corrected chi connectivity index (χ4v) is 2.27. The Kier molecular flexibility index (Phi) is 3.65. The summed E-state index contributed by atoms with van der Waals surface area (Å²) in [6.07, 6.45) is 6.91. The SMILES string of the molecule is Cc1cccc(OCC2CCCCC2)c1. The van der Waals surface area contributed by atoms with E-state index in [4.69, 9.17) is 4.74 Å². The number of rotatable bonds is 3. The minimum atomic E-state index is 0.791. The molecular formula is C14H20O. The van der Waals surface area contributed by atoms with Gasteiger partial charge in [-0.3, -0.25) is 0 Å². The van der Waals surface area contributed by atoms with Crippen LogP contribution in [0, 0.1) is 12.8 Å². The highest BCUT2D eigenvalue weighted by Gasteiger charge is 2.13. The molecule has 0 heterocycles. The van der Waals surface area contributed by atoms with Crippen LogP contribution in [0.1, 0.15) is 37.7 Å². The molecule has 1 aromatic carbocycles. The molecule has 1 aliphatic carbocycles. The van der Waals surface area contributed by atoms with E-state index in [0.717, 1.165) is 18.3 Å². The Morgan fingerprint density at radius 2 is 2.00 bits per heavy atom. The van der Waals surface area contributed by atoms with Crippen LogP contribution in [0.4, 0.5) is 0 Å². The van der Waals surface area contributed by atoms with E-state index >= 15 is 0 Å². The minimum absolute atomic E-state index is 0.791. The van der Waals surface area contributed by atoms with Gasteiger partial charge in [-0.05, 0) is 43.4 Å². The number of hydrogen-bond donors (Lipinski definition) is 0. The second-order valence-electron chi connectivity index (χ2n) is 4.63. The highest BCUT2D eigenvalue weighted by Crippen LogP contribution is 2.24. The zero-order valence-corrected chi connectivity index (χ0v) is 9.54. The van der Waals surface area contributed by atoms with Gasteiger partial charge in [0.25, 0.3) is 0 Å². The van der Waals surface area contributed by atoms with Crippen molar-refractivity contribution in [3.8, 4) is 5.75 Å². The third kappa shape index (κ3) is 3.26. The van der Waals surface area contributed by atoms with Crippen molar-refractivity contribution in [3.63, 3.8) is 0 Å². The number of aryl methyl sites for hydroxylation is 1. The topological polar surface area (TPSA) is 9.23 Å². The smallest absolute Gasteiger partial charge is 0.119 e. The van der Waals surface area contributed by atoms with Gasteiger partial charge in [0.1, 0.15) is 5.75 Å². The van der Waals surface area contributed by atoms with Gasteiger partial charge in [-0.15, -0.1) is 0 Å². The van der Waals surface area contributed by atoms with E-state index in [-0.39, 0.29) is 0 Å². The summed E-state index contributed by atoms with van der Waals surface area (Å²) in [5.41, 5.74) is 1.27. The van der Waals surface area contributed by atoms with Crippen molar-refractivity contribution in [1.29, 1.82) is 0 Å². The number of ether oxygens (including phenoxy) is 1. The highest BCUT2D eigenvalue weighted by molar-refractivity contribution is 5.27. The van der Waals surface area contributed by atoms with Crippen LogP contribution >= 0.6 is 0 Å². The van der Waals surface area contributed by atoms with Crippen molar-refractivity contribution >= 4 is 0 Å². The highest BCUT2D eigenvalue weighted by atomic mass is 16.5. The van der Waals surface area contributed by atoms with E-state index < -0.39 is 0 Å². The molecule has 0 unspecified atom stereocenters. The predicted molar refractivity (Wildman–Crippen MR) is 63.2 cm³/mol. The lowest BCUT2D eigenvalue weighted by molar-refractivity contribution is 0.209. The Morgan fingerprint density at radius 3 is 2.73 bits per heavy atom. The first-order valence-electron chi connectivity index (χ1n) is 6.04. The summed E-state index contributed by atoms with van der Waals surface area (Å²) < 4.78 is 5.83. The molecule has 1 fully saturated rings. The van der Waals surface area contributed by atoms with Gasteiger partial charge in [-0.1, -0.05) is 31.4 Å². The molecule has 0 amide bonds. The lowest BCUT2D eigenvalue weighted by Gasteiger charge is -2.21. The van der Waals surface area contributed by atoms with Crippen molar-refractivity contribution in [2.75, 3.05) is 6.61 Å². The van der Waals surface area contributed by atoms with E-state index in [1.54, 1.807) is 0 Å². The molecule has 0 spiro atoms. The third-order valence-electron chi connectivity index (χ3n) is 3.20. The molecule has 1 heteroatoms. The number of benzene rings is 1. The lowest BCUT2D eigenvalue weighted by Crippen LogP contribution is -2.15. The maximum absolute atomic E-state index is 5.83. The molecule has 2 rings (SSSR count). The van der Waals surface area contributed by atoms with E-state index in [9.17, 15) is 0 Å². The maximum Gasteiger partial charge on any atom is 0.119 e. The van der Waals surface area contributed by atoms with Crippen LogP contribution in [0.3, 0.4) is 0 Å². The van der Waals surface area contributed by atoms with Crippen LogP contribution in [0.2, 0.25) is 0 Å². The lowest BCUT2D eigenvalue weighted by atomic mass is 9.90. The van der Waals surface area contributed by atoms with Crippen molar-refractivity contribution in [1.82, 2.24) is 0 Å². The Morgan fingerprint density at radius 1 is 1.20 bits per heavy atom. The summed E-state index contributed by atoms with van der Waals surface area (Å²) in [5, 5.41) is 0. The van der Waals surface area contributed by atoms with Crippen LogP contribution in [-0.4, -0.2) is 6.61 Å². The van der Waals surface area contributed by atoms with Gasteiger partial charge in [-0.2, -0.15) is 0 Å². The Labute approximate surface area is 92.5 Å². The first-order valence-corrected chi connectivity index (χ1v) is 6.04. The van der Waals surface area contributed by atoms with Crippen LogP contribution in [0.5, 0.6) is 5.75 Å². The third-order valence-corrected chi connectivity index (χ3v) is 3.20. The van der Waals surface area contributed by atoms with E-state index in [0.29, 0.717) is 0 Å². The largest absolute Gasteiger partial charge is 0.493 e. The van der Waals surface area contributed by atoms with Gasteiger partial charge in [0.15, 0.2) is 0 Å². The van der Waals surface area contributed by atoms with Crippen molar-refractivity contribution in [3.05, 3.63) is 29.8 Å². The molecule has 0 atom stereocenters. The average Bonchev–Trinajstić information content (AvgIpc) is 2.28. The molecule has 0 radical (unpaired) electrons. The van der Waals surface area contributed by atoms with E-state index in [2.05, 4.69) is 31.2 Å². The van der Waals surface area contributed by atoms with E-state index in [1.165, 1.54) is 37.7 Å². The second-order valence-corrected chi connectivity index (χ2v) is 4.63. The Hall–Kier alpha value is -0.980. The average molecular weight is 204 g/mol. The van der Waals surface area contributed by atoms with Crippen molar-refractivity contribution in [2.24, 2.45) is 5.92 Å². The van der Waals surface area contributed by atoms with Gasteiger partial charge < -0.3 is 4.74 Å². The molecule has 0 aromatic heterocycles. The molecule has 1 aromatic rings. The molecule has 0 N–H and O–H groups in total. The van der Waals surface area contributed by atoms with Crippen molar-refractivity contribution < 1.29 is 4.74 Å². The van der Waals surface area contributed by atoms with Gasteiger partial charge >= 0.3 is 0 Å². The molecule has 82 valence electrons. The normalized spacial score (nSPS) is 17.7. The summed E-state index contributed by atoms with van der Waals surface area (Å²) >= 11 is 0. The molecule has 15 heavy (non-hydrogen) atoms. The fourth-order valence-electron chi connectivity index (χ4n) is 2.27. The zero-order valence-electron chi connectivity index (χ0n) is 9.54. The van der Waals surface area contributed by atoms with Crippen LogP contribution in [0.15, 0.2) is 24.3 Å².